The standard InChI is InChI=1S/C19H26N4O2/c1-16-3-4-17(25-16)12-22-8-2-5-19(13-22)14-23(9-10-24-15-19)18-11-20-6-7-21-18/h3-4,6-7,11H,2,5,8-10,12-15H2,1H3/t19-/m1/s1. The second kappa shape index (κ2) is 7.14. The van der Waals surface area contributed by atoms with Crippen molar-refractivity contribution in [2.75, 3.05) is 44.3 Å². The van der Waals surface area contributed by atoms with Crippen molar-refractivity contribution in [3.8, 4) is 0 Å². The van der Waals surface area contributed by atoms with Crippen molar-refractivity contribution in [3.63, 3.8) is 0 Å². The summed E-state index contributed by atoms with van der Waals surface area (Å²) in [5.41, 5.74) is 0.147. The summed E-state index contributed by atoms with van der Waals surface area (Å²) in [6, 6.07) is 4.13. The Morgan fingerprint density at radius 2 is 2.16 bits per heavy atom. The fraction of sp³-hybridized carbons (Fsp3) is 0.579. The lowest BCUT2D eigenvalue weighted by molar-refractivity contribution is 0.00873. The number of likely N-dealkylation sites (tertiary alicyclic amines) is 1. The maximum atomic E-state index is 6.00. The van der Waals surface area contributed by atoms with E-state index in [9.17, 15) is 0 Å². The summed E-state index contributed by atoms with van der Waals surface area (Å²) in [7, 11) is 0. The Morgan fingerprint density at radius 3 is 2.96 bits per heavy atom. The fourth-order valence-electron chi connectivity index (χ4n) is 4.13. The molecule has 2 aliphatic heterocycles. The van der Waals surface area contributed by atoms with E-state index in [0.717, 1.165) is 63.3 Å². The molecule has 2 saturated heterocycles. The first-order chi connectivity index (χ1) is 12.2. The summed E-state index contributed by atoms with van der Waals surface area (Å²) in [4.78, 5) is 13.6. The number of hydrogen-bond acceptors (Lipinski definition) is 6. The molecule has 25 heavy (non-hydrogen) atoms. The van der Waals surface area contributed by atoms with E-state index in [1.165, 1.54) is 12.8 Å². The van der Waals surface area contributed by atoms with E-state index in [1.807, 2.05) is 19.2 Å². The van der Waals surface area contributed by atoms with Gasteiger partial charge in [0.1, 0.15) is 17.3 Å². The highest BCUT2D eigenvalue weighted by molar-refractivity contribution is 5.36. The van der Waals surface area contributed by atoms with E-state index in [4.69, 9.17) is 9.15 Å². The van der Waals surface area contributed by atoms with Crippen molar-refractivity contribution in [2.45, 2.75) is 26.3 Å². The second-order valence-corrected chi connectivity index (χ2v) is 7.36. The maximum absolute atomic E-state index is 6.00. The van der Waals surface area contributed by atoms with Gasteiger partial charge in [-0.2, -0.15) is 0 Å². The van der Waals surface area contributed by atoms with E-state index >= 15 is 0 Å². The van der Waals surface area contributed by atoms with Crippen LogP contribution in [0.25, 0.3) is 0 Å². The van der Waals surface area contributed by atoms with Gasteiger partial charge in [-0.05, 0) is 38.4 Å². The Balaban J connectivity index is 1.48. The lowest BCUT2D eigenvalue weighted by atomic mass is 9.80. The van der Waals surface area contributed by atoms with Gasteiger partial charge < -0.3 is 14.1 Å². The van der Waals surface area contributed by atoms with Crippen LogP contribution >= 0.6 is 0 Å². The highest BCUT2D eigenvalue weighted by atomic mass is 16.5. The van der Waals surface area contributed by atoms with Crippen molar-refractivity contribution >= 4 is 5.82 Å². The number of hydrogen-bond donors (Lipinski definition) is 0. The zero-order chi connectivity index (χ0) is 17.1. The number of furan rings is 1. The van der Waals surface area contributed by atoms with E-state index in [0.29, 0.717) is 0 Å². The first-order valence-corrected chi connectivity index (χ1v) is 9.09. The van der Waals surface area contributed by atoms with E-state index in [-0.39, 0.29) is 5.41 Å². The van der Waals surface area contributed by atoms with Crippen LogP contribution in [-0.2, 0) is 11.3 Å². The summed E-state index contributed by atoms with van der Waals surface area (Å²) in [5.74, 6) is 2.98. The molecule has 134 valence electrons. The Bertz CT molecular complexity index is 690. The van der Waals surface area contributed by atoms with Gasteiger partial charge in [-0.15, -0.1) is 0 Å². The monoisotopic (exact) mass is 342 g/mol. The van der Waals surface area contributed by atoms with Crippen LogP contribution in [0.3, 0.4) is 0 Å². The fourth-order valence-corrected chi connectivity index (χ4v) is 4.13. The maximum Gasteiger partial charge on any atom is 0.147 e. The molecule has 0 saturated carbocycles. The summed E-state index contributed by atoms with van der Waals surface area (Å²) in [5, 5.41) is 0. The molecule has 0 N–H and O–H groups in total. The van der Waals surface area contributed by atoms with Crippen LogP contribution < -0.4 is 4.90 Å². The molecule has 0 radical (unpaired) electrons. The van der Waals surface area contributed by atoms with Crippen molar-refractivity contribution < 1.29 is 9.15 Å². The molecule has 2 aliphatic rings. The minimum Gasteiger partial charge on any atom is -0.465 e. The summed E-state index contributed by atoms with van der Waals surface area (Å²) in [6.07, 6.45) is 7.72. The minimum atomic E-state index is 0.147. The largest absolute Gasteiger partial charge is 0.465 e. The number of nitrogens with zero attached hydrogens (tertiary/aromatic N) is 4. The van der Waals surface area contributed by atoms with Gasteiger partial charge in [-0.1, -0.05) is 0 Å². The van der Waals surface area contributed by atoms with E-state index < -0.39 is 0 Å². The number of ether oxygens (including phenoxy) is 1. The molecule has 0 aromatic carbocycles. The Kier molecular flexibility index (Phi) is 4.72. The zero-order valence-corrected chi connectivity index (χ0v) is 14.9. The third-order valence-corrected chi connectivity index (χ3v) is 5.23. The van der Waals surface area contributed by atoms with Crippen LogP contribution in [-0.4, -0.2) is 54.3 Å². The number of aromatic nitrogens is 2. The third-order valence-electron chi connectivity index (χ3n) is 5.23. The highest BCUT2D eigenvalue weighted by Crippen LogP contribution is 2.34. The Morgan fingerprint density at radius 1 is 1.20 bits per heavy atom. The summed E-state index contributed by atoms with van der Waals surface area (Å²) < 4.78 is 11.8. The number of rotatable bonds is 3. The van der Waals surface area contributed by atoms with Crippen LogP contribution in [0.1, 0.15) is 24.4 Å². The van der Waals surface area contributed by atoms with Crippen LogP contribution in [0.2, 0.25) is 0 Å². The molecule has 1 spiro atoms. The molecular weight excluding hydrogens is 316 g/mol. The molecule has 0 bridgehead atoms. The SMILES string of the molecule is Cc1ccc(CN2CCC[C@@]3(COCCN(c4cnccn4)C3)C2)o1. The van der Waals surface area contributed by atoms with Gasteiger partial charge in [0.05, 0.1) is 26.0 Å². The normalized spacial score (nSPS) is 25.2. The number of aryl methyl sites for hydroxylation is 1. The first kappa shape index (κ1) is 16.5. The average molecular weight is 342 g/mol. The van der Waals surface area contributed by atoms with Crippen molar-refractivity contribution in [2.24, 2.45) is 5.41 Å². The highest BCUT2D eigenvalue weighted by Gasteiger charge is 2.39. The summed E-state index contributed by atoms with van der Waals surface area (Å²) in [6.45, 7) is 8.43. The van der Waals surface area contributed by atoms with Crippen LogP contribution in [0, 0.1) is 12.3 Å². The van der Waals surface area contributed by atoms with Crippen LogP contribution in [0.5, 0.6) is 0 Å². The van der Waals surface area contributed by atoms with Gasteiger partial charge in [0.2, 0.25) is 0 Å². The Labute approximate surface area is 148 Å². The molecule has 6 heteroatoms. The molecule has 1 atom stereocenters. The molecule has 0 unspecified atom stereocenters. The van der Waals surface area contributed by atoms with Crippen molar-refractivity contribution in [1.29, 1.82) is 0 Å². The number of anilines is 1. The second-order valence-electron chi connectivity index (χ2n) is 7.36. The topological polar surface area (TPSA) is 54.6 Å². The van der Waals surface area contributed by atoms with Crippen LogP contribution in [0.4, 0.5) is 5.82 Å². The molecule has 4 heterocycles. The first-order valence-electron chi connectivity index (χ1n) is 9.09. The lowest BCUT2D eigenvalue weighted by Crippen LogP contribution is -2.50. The minimum absolute atomic E-state index is 0.147. The van der Waals surface area contributed by atoms with Gasteiger partial charge in [0.15, 0.2) is 0 Å². The molecule has 2 aromatic heterocycles. The van der Waals surface area contributed by atoms with Crippen LogP contribution in [0.15, 0.2) is 35.1 Å². The van der Waals surface area contributed by atoms with Gasteiger partial charge >= 0.3 is 0 Å². The molecular formula is C19H26N4O2. The van der Waals surface area contributed by atoms with Gasteiger partial charge in [0, 0.05) is 37.4 Å². The van der Waals surface area contributed by atoms with E-state index in [2.05, 4.69) is 25.8 Å². The Hall–Kier alpha value is -1.92. The molecule has 2 aromatic rings. The molecule has 0 amide bonds. The van der Waals surface area contributed by atoms with Gasteiger partial charge in [0.25, 0.3) is 0 Å². The lowest BCUT2D eigenvalue weighted by Gasteiger charge is -2.43. The number of piperidine rings is 1. The molecule has 6 nitrogen and oxygen atoms in total. The van der Waals surface area contributed by atoms with Gasteiger partial charge in [-0.25, -0.2) is 4.98 Å². The van der Waals surface area contributed by atoms with Crippen molar-refractivity contribution in [3.05, 3.63) is 42.2 Å². The predicted octanol–water partition coefficient (Wildman–Crippen LogP) is 2.50. The molecule has 2 fully saturated rings. The average Bonchev–Trinajstić information content (AvgIpc) is 2.92. The summed E-state index contributed by atoms with van der Waals surface area (Å²) >= 11 is 0. The predicted molar refractivity (Wildman–Crippen MR) is 95.5 cm³/mol. The zero-order valence-electron chi connectivity index (χ0n) is 14.9. The van der Waals surface area contributed by atoms with Gasteiger partial charge in [-0.3, -0.25) is 9.88 Å². The molecule has 0 aliphatic carbocycles. The molecule has 4 rings (SSSR count). The third kappa shape index (κ3) is 3.85. The van der Waals surface area contributed by atoms with Crippen molar-refractivity contribution in [1.82, 2.24) is 14.9 Å². The quantitative estimate of drug-likeness (QED) is 0.854. The smallest absolute Gasteiger partial charge is 0.147 e. The van der Waals surface area contributed by atoms with E-state index in [1.54, 1.807) is 12.4 Å².